The van der Waals surface area contributed by atoms with Crippen molar-refractivity contribution in [1.82, 2.24) is 0 Å². The van der Waals surface area contributed by atoms with Gasteiger partial charge in [0.2, 0.25) is 0 Å². The lowest BCUT2D eigenvalue weighted by atomic mass is 10.0. The highest BCUT2D eigenvalue weighted by Crippen LogP contribution is 2.30. The predicted octanol–water partition coefficient (Wildman–Crippen LogP) is 2.55. The molecule has 0 aliphatic heterocycles. The Kier molecular flexibility index (Phi) is 3.69. The molecule has 0 unspecified atom stereocenters. The molecular formula is C11H9F3N2. The van der Waals surface area contributed by atoms with Gasteiger partial charge >= 0.3 is 6.18 Å². The molecule has 84 valence electrons. The van der Waals surface area contributed by atoms with Crippen LogP contribution in [0, 0.1) is 11.3 Å². The van der Waals surface area contributed by atoms with E-state index in [1.165, 1.54) is 12.1 Å². The van der Waals surface area contributed by atoms with Crippen LogP contribution in [0.25, 0.3) is 6.08 Å². The standard InChI is InChI=1S/C11H9F3N2/c12-11(13,14)10-4-3-8(2-1-5-15)9(6-10)7-16/h1-4,6H,5,15H2. The summed E-state index contributed by atoms with van der Waals surface area (Å²) in [5.41, 5.74) is 4.81. The summed E-state index contributed by atoms with van der Waals surface area (Å²) in [6.45, 7) is 0.270. The Labute approximate surface area is 90.8 Å². The van der Waals surface area contributed by atoms with Crippen LogP contribution < -0.4 is 5.73 Å². The Morgan fingerprint density at radius 1 is 1.38 bits per heavy atom. The number of nitrogens with two attached hydrogens (primary N) is 1. The lowest BCUT2D eigenvalue weighted by Gasteiger charge is -2.07. The van der Waals surface area contributed by atoms with Gasteiger partial charge in [-0.25, -0.2) is 0 Å². The van der Waals surface area contributed by atoms with Gasteiger partial charge in [0, 0.05) is 6.54 Å². The summed E-state index contributed by atoms with van der Waals surface area (Å²) in [7, 11) is 0. The third-order valence-electron chi connectivity index (χ3n) is 1.93. The number of hydrogen-bond acceptors (Lipinski definition) is 2. The van der Waals surface area contributed by atoms with Crippen molar-refractivity contribution in [1.29, 1.82) is 5.26 Å². The molecule has 0 saturated heterocycles. The molecule has 0 aliphatic carbocycles. The van der Waals surface area contributed by atoms with Crippen LogP contribution in [0.3, 0.4) is 0 Å². The van der Waals surface area contributed by atoms with Crippen LogP contribution in [0.4, 0.5) is 13.2 Å². The first-order valence-electron chi connectivity index (χ1n) is 4.47. The molecule has 0 aromatic heterocycles. The average Bonchev–Trinajstić information content (AvgIpc) is 2.24. The van der Waals surface area contributed by atoms with Gasteiger partial charge in [-0.15, -0.1) is 0 Å². The molecule has 16 heavy (non-hydrogen) atoms. The fourth-order valence-corrected chi connectivity index (χ4v) is 1.17. The maximum Gasteiger partial charge on any atom is 0.416 e. The molecule has 0 radical (unpaired) electrons. The second kappa shape index (κ2) is 4.81. The fraction of sp³-hybridized carbons (Fsp3) is 0.182. The van der Waals surface area contributed by atoms with E-state index in [0.29, 0.717) is 5.56 Å². The molecule has 5 heteroatoms. The number of nitriles is 1. The number of halogens is 3. The molecule has 1 aromatic carbocycles. The van der Waals surface area contributed by atoms with Crippen molar-refractivity contribution in [2.24, 2.45) is 5.73 Å². The number of nitrogens with zero attached hydrogens (tertiary/aromatic N) is 1. The highest BCUT2D eigenvalue weighted by atomic mass is 19.4. The summed E-state index contributed by atoms with van der Waals surface area (Å²) < 4.78 is 37.0. The number of rotatable bonds is 2. The highest BCUT2D eigenvalue weighted by molar-refractivity contribution is 5.59. The summed E-state index contributed by atoms with van der Waals surface area (Å²) in [6, 6.07) is 4.75. The summed E-state index contributed by atoms with van der Waals surface area (Å²) >= 11 is 0. The van der Waals surface area contributed by atoms with Crippen LogP contribution >= 0.6 is 0 Å². The van der Waals surface area contributed by atoms with Crippen LogP contribution in [-0.2, 0) is 6.18 Å². The molecule has 0 bridgehead atoms. The van der Waals surface area contributed by atoms with Gasteiger partial charge in [0.25, 0.3) is 0 Å². The predicted molar refractivity (Wildman–Crippen MR) is 54.2 cm³/mol. The summed E-state index contributed by atoms with van der Waals surface area (Å²) in [5, 5.41) is 8.73. The van der Waals surface area contributed by atoms with Crippen molar-refractivity contribution >= 4 is 6.08 Å². The Morgan fingerprint density at radius 3 is 2.56 bits per heavy atom. The maximum atomic E-state index is 12.3. The minimum absolute atomic E-state index is 0.0143. The van der Waals surface area contributed by atoms with E-state index in [1.807, 2.05) is 0 Å². The quantitative estimate of drug-likeness (QED) is 0.842. The Hall–Kier alpha value is -1.80. The normalized spacial score (nSPS) is 11.7. The Morgan fingerprint density at radius 2 is 2.06 bits per heavy atom. The van der Waals surface area contributed by atoms with E-state index in [1.54, 1.807) is 12.1 Å². The van der Waals surface area contributed by atoms with Crippen molar-refractivity contribution in [2.45, 2.75) is 6.18 Å². The lowest BCUT2D eigenvalue weighted by Crippen LogP contribution is -2.05. The van der Waals surface area contributed by atoms with Crippen LogP contribution in [0.2, 0.25) is 0 Å². The Balaban J connectivity index is 3.18. The molecule has 2 N–H and O–H groups in total. The van der Waals surface area contributed by atoms with Crippen molar-refractivity contribution in [3.8, 4) is 6.07 Å². The molecule has 0 aliphatic rings. The van der Waals surface area contributed by atoms with Gasteiger partial charge in [0.15, 0.2) is 0 Å². The van der Waals surface area contributed by atoms with Gasteiger partial charge < -0.3 is 5.73 Å². The molecule has 0 atom stereocenters. The Bertz CT molecular complexity index is 442. The molecule has 0 amide bonds. The lowest BCUT2D eigenvalue weighted by molar-refractivity contribution is -0.137. The molecule has 0 heterocycles. The third-order valence-corrected chi connectivity index (χ3v) is 1.93. The van der Waals surface area contributed by atoms with Crippen molar-refractivity contribution < 1.29 is 13.2 Å². The number of hydrogen-bond donors (Lipinski definition) is 1. The number of alkyl halides is 3. The van der Waals surface area contributed by atoms with Crippen LogP contribution in [0.1, 0.15) is 16.7 Å². The SMILES string of the molecule is N#Cc1cc(C(F)(F)F)ccc1C=CCN. The van der Waals surface area contributed by atoms with E-state index in [-0.39, 0.29) is 12.1 Å². The summed E-state index contributed by atoms with van der Waals surface area (Å²) in [4.78, 5) is 0. The molecular weight excluding hydrogens is 217 g/mol. The zero-order valence-corrected chi connectivity index (χ0v) is 8.25. The highest BCUT2D eigenvalue weighted by Gasteiger charge is 2.30. The van der Waals surface area contributed by atoms with E-state index in [0.717, 1.165) is 12.1 Å². The van der Waals surface area contributed by atoms with E-state index >= 15 is 0 Å². The van der Waals surface area contributed by atoms with Crippen LogP contribution in [0.15, 0.2) is 24.3 Å². The zero-order valence-electron chi connectivity index (χ0n) is 8.25. The zero-order chi connectivity index (χ0) is 12.2. The van der Waals surface area contributed by atoms with Gasteiger partial charge in [-0.1, -0.05) is 18.2 Å². The van der Waals surface area contributed by atoms with Crippen LogP contribution in [0.5, 0.6) is 0 Å². The first-order valence-corrected chi connectivity index (χ1v) is 4.47. The molecule has 2 nitrogen and oxygen atoms in total. The molecule has 0 spiro atoms. The first kappa shape index (κ1) is 12.3. The van der Waals surface area contributed by atoms with Gasteiger partial charge in [-0.3, -0.25) is 0 Å². The molecule has 0 saturated carbocycles. The average molecular weight is 226 g/mol. The van der Waals surface area contributed by atoms with Gasteiger partial charge in [0.05, 0.1) is 17.2 Å². The van der Waals surface area contributed by atoms with Crippen molar-refractivity contribution in [3.63, 3.8) is 0 Å². The van der Waals surface area contributed by atoms with E-state index in [9.17, 15) is 13.2 Å². The third kappa shape index (κ3) is 2.84. The largest absolute Gasteiger partial charge is 0.416 e. The van der Waals surface area contributed by atoms with Gasteiger partial charge in [-0.2, -0.15) is 18.4 Å². The summed E-state index contributed by atoms with van der Waals surface area (Å²) in [5.74, 6) is 0. The summed E-state index contributed by atoms with van der Waals surface area (Å²) in [6.07, 6.45) is -1.33. The second-order valence-electron chi connectivity index (χ2n) is 3.05. The van der Waals surface area contributed by atoms with Gasteiger partial charge in [-0.05, 0) is 17.7 Å². The maximum absolute atomic E-state index is 12.3. The smallest absolute Gasteiger partial charge is 0.327 e. The topological polar surface area (TPSA) is 49.8 Å². The second-order valence-corrected chi connectivity index (χ2v) is 3.05. The van der Waals surface area contributed by atoms with E-state index in [2.05, 4.69) is 0 Å². The number of benzene rings is 1. The monoisotopic (exact) mass is 226 g/mol. The molecule has 1 rings (SSSR count). The minimum atomic E-state index is -4.43. The van der Waals surface area contributed by atoms with E-state index < -0.39 is 11.7 Å². The molecule has 1 aromatic rings. The van der Waals surface area contributed by atoms with Crippen LogP contribution in [-0.4, -0.2) is 6.54 Å². The molecule has 0 fully saturated rings. The van der Waals surface area contributed by atoms with E-state index in [4.69, 9.17) is 11.0 Å². The fourth-order valence-electron chi connectivity index (χ4n) is 1.17. The van der Waals surface area contributed by atoms with Crippen molar-refractivity contribution in [3.05, 3.63) is 41.0 Å². The minimum Gasteiger partial charge on any atom is -0.327 e. The van der Waals surface area contributed by atoms with Gasteiger partial charge in [0.1, 0.15) is 0 Å². The van der Waals surface area contributed by atoms with Crippen molar-refractivity contribution in [2.75, 3.05) is 6.54 Å². The first-order chi connectivity index (χ1) is 7.49.